The van der Waals surface area contributed by atoms with E-state index in [1.165, 1.54) is 0 Å². The molecule has 3 heteroatoms. The number of benzene rings is 1. The van der Waals surface area contributed by atoms with E-state index in [0.717, 1.165) is 18.4 Å². The van der Waals surface area contributed by atoms with Gasteiger partial charge in [-0.2, -0.15) is 0 Å². The lowest BCUT2D eigenvalue weighted by Gasteiger charge is -2.15. The van der Waals surface area contributed by atoms with Crippen LogP contribution >= 0.6 is 0 Å². The van der Waals surface area contributed by atoms with Crippen molar-refractivity contribution in [2.24, 2.45) is 5.92 Å². The van der Waals surface area contributed by atoms with Gasteiger partial charge in [-0.05, 0) is 44.7 Å². The van der Waals surface area contributed by atoms with Gasteiger partial charge < -0.3 is 10.4 Å². The predicted molar refractivity (Wildman–Crippen MR) is 73.8 cm³/mol. The van der Waals surface area contributed by atoms with E-state index in [2.05, 4.69) is 19.2 Å². The Morgan fingerprint density at radius 3 is 2.56 bits per heavy atom. The minimum Gasteiger partial charge on any atom is -0.507 e. The number of phenolic OH excluding ortho intramolecular Hbond substituents is 1. The number of nitrogens with one attached hydrogen (secondary N) is 1. The molecule has 0 aliphatic heterocycles. The number of hydrogen-bond donors (Lipinski definition) is 2. The highest BCUT2D eigenvalue weighted by atomic mass is 16.3. The summed E-state index contributed by atoms with van der Waals surface area (Å²) in [6.07, 6.45) is 2.04. The fourth-order valence-electron chi connectivity index (χ4n) is 1.79. The molecule has 1 amide bonds. The standard InChI is InChI=1S/C15H23NO2/c1-10(2)5-7-12(4)16-15(18)13-9-11(3)6-8-14(13)17/h6,8-10,12,17H,5,7H2,1-4H3,(H,16,18). The molecule has 2 N–H and O–H groups in total. The third kappa shape index (κ3) is 4.40. The molecular weight excluding hydrogens is 226 g/mol. The van der Waals surface area contributed by atoms with Gasteiger partial charge in [0.15, 0.2) is 0 Å². The van der Waals surface area contributed by atoms with Crippen LogP contribution in [0.15, 0.2) is 18.2 Å². The van der Waals surface area contributed by atoms with E-state index in [4.69, 9.17) is 0 Å². The quantitative estimate of drug-likeness (QED) is 0.841. The molecule has 0 aliphatic rings. The molecule has 0 fully saturated rings. The summed E-state index contributed by atoms with van der Waals surface area (Å²) in [5, 5.41) is 12.6. The largest absolute Gasteiger partial charge is 0.507 e. The number of rotatable bonds is 5. The summed E-state index contributed by atoms with van der Waals surface area (Å²) in [7, 11) is 0. The van der Waals surface area contributed by atoms with Crippen molar-refractivity contribution in [1.29, 1.82) is 0 Å². The number of phenols is 1. The number of amides is 1. The first-order valence-corrected chi connectivity index (χ1v) is 6.50. The van der Waals surface area contributed by atoms with Gasteiger partial charge in [-0.1, -0.05) is 25.5 Å². The number of carbonyl (C=O) groups excluding carboxylic acids is 1. The average molecular weight is 249 g/mol. The molecule has 1 atom stereocenters. The first kappa shape index (κ1) is 14.6. The van der Waals surface area contributed by atoms with Crippen molar-refractivity contribution in [3.05, 3.63) is 29.3 Å². The highest BCUT2D eigenvalue weighted by molar-refractivity contribution is 5.97. The van der Waals surface area contributed by atoms with Crippen LogP contribution in [0.5, 0.6) is 5.75 Å². The summed E-state index contributed by atoms with van der Waals surface area (Å²) in [6.45, 7) is 8.23. The van der Waals surface area contributed by atoms with Gasteiger partial charge in [-0.25, -0.2) is 0 Å². The zero-order chi connectivity index (χ0) is 13.7. The Morgan fingerprint density at radius 2 is 1.94 bits per heavy atom. The van der Waals surface area contributed by atoms with Crippen LogP contribution in [0.3, 0.4) is 0 Å². The molecule has 1 rings (SSSR count). The van der Waals surface area contributed by atoms with Crippen LogP contribution in [0.25, 0.3) is 0 Å². The molecule has 1 aromatic carbocycles. The minimum atomic E-state index is -0.201. The van der Waals surface area contributed by atoms with Crippen LogP contribution in [0, 0.1) is 12.8 Å². The number of aromatic hydroxyl groups is 1. The lowest BCUT2D eigenvalue weighted by molar-refractivity contribution is 0.0934. The Kier molecular flexibility index (Phi) is 5.20. The molecule has 0 saturated heterocycles. The fourth-order valence-corrected chi connectivity index (χ4v) is 1.79. The molecule has 0 radical (unpaired) electrons. The summed E-state index contributed by atoms with van der Waals surface area (Å²) < 4.78 is 0. The Hall–Kier alpha value is -1.51. The maximum absolute atomic E-state index is 12.0. The normalized spacial score (nSPS) is 12.5. The van der Waals surface area contributed by atoms with E-state index in [0.29, 0.717) is 11.5 Å². The second-order valence-electron chi connectivity index (χ2n) is 5.37. The molecule has 3 nitrogen and oxygen atoms in total. The van der Waals surface area contributed by atoms with Crippen LogP contribution in [-0.4, -0.2) is 17.1 Å². The lowest BCUT2D eigenvalue weighted by atomic mass is 10.0. The molecule has 0 aromatic heterocycles. The van der Waals surface area contributed by atoms with E-state index >= 15 is 0 Å². The molecule has 18 heavy (non-hydrogen) atoms. The van der Waals surface area contributed by atoms with Gasteiger partial charge in [-0.3, -0.25) is 4.79 Å². The molecule has 0 spiro atoms. The van der Waals surface area contributed by atoms with Crippen LogP contribution in [0.1, 0.15) is 49.5 Å². The van der Waals surface area contributed by atoms with Crippen LogP contribution < -0.4 is 5.32 Å². The van der Waals surface area contributed by atoms with Gasteiger partial charge in [0.1, 0.15) is 5.75 Å². The summed E-state index contributed by atoms with van der Waals surface area (Å²) >= 11 is 0. The monoisotopic (exact) mass is 249 g/mol. The van der Waals surface area contributed by atoms with Gasteiger partial charge >= 0.3 is 0 Å². The second kappa shape index (κ2) is 6.43. The van der Waals surface area contributed by atoms with Gasteiger partial charge in [-0.15, -0.1) is 0 Å². The summed E-state index contributed by atoms with van der Waals surface area (Å²) in [5.74, 6) is 0.471. The zero-order valence-corrected chi connectivity index (χ0v) is 11.7. The van der Waals surface area contributed by atoms with E-state index < -0.39 is 0 Å². The van der Waals surface area contributed by atoms with Gasteiger partial charge in [0.25, 0.3) is 5.91 Å². The van der Waals surface area contributed by atoms with Crippen molar-refractivity contribution in [2.75, 3.05) is 0 Å². The van der Waals surface area contributed by atoms with Gasteiger partial charge in [0.05, 0.1) is 5.56 Å². The van der Waals surface area contributed by atoms with Crippen molar-refractivity contribution in [3.8, 4) is 5.75 Å². The van der Waals surface area contributed by atoms with Crippen LogP contribution in [-0.2, 0) is 0 Å². The third-order valence-electron chi connectivity index (χ3n) is 2.95. The zero-order valence-electron chi connectivity index (χ0n) is 11.7. The van der Waals surface area contributed by atoms with Gasteiger partial charge in [0, 0.05) is 6.04 Å². The molecule has 1 unspecified atom stereocenters. The van der Waals surface area contributed by atoms with Crippen molar-refractivity contribution in [2.45, 2.75) is 46.6 Å². The Bertz CT molecular complexity index is 413. The van der Waals surface area contributed by atoms with E-state index in [1.807, 2.05) is 13.8 Å². The third-order valence-corrected chi connectivity index (χ3v) is 2.95. The van der Waals surface area contributed by atoms with E-state index in [-0.39, 0.29) is 17.7 Å². The topological polar surface area (TPSA) is 49.3 Å². The summed E-state index contributed by atoms with van der Waals surface area (Å²) in [5.41, 5.74) is 1.32. The molecule has 0 saturated carbocycles. The molecule has 0 heterocycles. The van der Waals surface area contributed by atoms with Crippen molar-refractivity contribution in [3.63, 3.8) is 0 Å². The molecule has 0 bridgehead atoms. The summed E-state index contributed by atoms with van der Waals surface area (Å²) in [6, 6.07) is 5.18. The van der Waals surface area contributed by atoms with Crippen LogP contribution in [0.4, 0.5) is 0 Å². The number of aryl methyl sites for hydroxylation is 1. The minimum absolute atomic E-state index is 0.0363. The number of carbonyl (C=O) groups is 1. The molecule has 1 aromatic rings. The number of hydrogen-bond acceptors (Lipinski definition) is 2. The first-order valence-electron chi connectivity index (χ1n) is 6.50. The van der Waals surface area contributed by atoms with Crippen LogP contribution in [0.2, 0.25) is 0 Å². The fraction of sp³-hybridized carbons (Fsp3) is 0.533. The van der Waals surface area contributed by atoms with Crippen molar-refractivity contribution < 1.29 is 9.90 Å². The Labute approximate surface area is 109 Å². The van der Waals surface area contributed by atoms with Crippen molar-refractivity contribution in [1.82, 2.24) is 5.32 Å². The van der Waals surface area contributed by atoms with E-state index in [9.17, 15) is 9.90 Å². The SMILES string of the molecule is Cc1ccc(O)c(C(=O)NC(C)CCC(C)C)c1. The molecular formula is C15H23NO2. The highest BCUT2D eigenvalue weighted by Gasteiger charge is 2.13. The molecule has 0 aliphatic carbocycles. The van der Waals surface area contributed by atoms with Gasteiger partial charge in [0.2, 0.25) is 0 Å². The molecule has 100 valence electrons. The highest BCUT2D eigenvalue weighted by Crippen LogP contribution is 2.18. The Balaban J connectivity index is 2.62. The smallest absolute Gasteiger partial charge is 0.255 e. The second-order valence-corrected chi connectivity index (χ2v) is 5.37. The Morgan fingerprint density at radius 1 is 1.28 bits per heavy atom. The summed E-state index contributed by atoms with van der Waals surface area (Å²) in [4.78, 5) is 12.0. The maximum atomic E-state index is 12.0. The van der Waals surface area contributed by atoms with E-state index in [1.54, 1.807) is 18.2 Å². The predicted octanol–water partition coefficient (Wildman–Crippen LogP) is 3.26. The lowest BCUT2D eigenvalue weighted by Crippen LogP contribution is -2.32. The first-order chi connectivity index (χ1) is 8.40. The maximum Gasteiger partial charge on any atom is 0.255 e. The van der Waals surface area contributed by atoms with Crippen molar-refractivity contribution >= 4 is 5.91 Å². The average Bonchev–Trinajstić information content (AvgIpc) is 2.29.